The third-order valence-corrected chi connectivity index (χ3v) is 5.15. The molecule has 0 bridgehead atoms. The van der Waals surface area contributed by atoms with E-state index in [-0.39, 0.29) is 6.10 Å². The Morgan fingerprint density at radius 1 is 1.11 bits per heavy atom. The van der Waals surface area contributed by atoms with E-state index in [2.05, 4.69) is 46.3 Å². The van der Waals surface area contributed by atoms with Gasteiger partial charge in [-0.3, -0.25) is 0 Å². The molecule has 6 heteroatoms. The third-order valence-electron chi connectivity index (χ3n) is 5.15. The van der Waals surface area contributed by atoms with Crippen LogP contribution in [0.5, 0.6) is 11.5 Å². The molecule has 6 nitrogen and oxygen atoms in total. The Morgan fingerprint density at radius 2 is 1.93 bits per heavy atom. The molecule has 0 unspecified atom stereocenters. The summed E-state index contributed by atoms with van der Waals surface area (Å²) in [6.07, 6.45) is 3.75. The fraction of sp³-hybridized carbons (Fsp3) is 0.364. The fourth-order valence-corrected chi connectivity index (χ4v) is 3.58. The van der Waals surface area contributed by atoms with Gasteiger partial charge in [0.1, 0.15) is 29.7 Å². The number of nitrogens with zero attached hydrogens (tertiary/aromatic N) is 3. The van der Waals surface area contributed by atoms with Gasteiger partial charge in [0, 0.05) is 30.9 Å². The molecule has 0 spiro atoms. The molecule has 1 aliphatic heterocycles. The number of piperidine rings is 1. The first-order valence-corrected chi connectivity index (χ1v) is 9.64. The van der Waals surface area contributed by atoms with Crippen molar-refractivity contribution < 1.29 is 9.47 Å². The first-order valence-electron chi connectivity index (χ1n) is 9.64. The van der Waals surface area contributed by atoms with Gasteiger partial charge >= 0.3 is 0 Å². The van der Waals surface area contributed by atoms with E-state index in [0.717, 1.165) is 59.8 Å². The van der Waals surface area contributed by atoms with Crippen molar-refractivity contribution in [1.29, 1.82) is 0 Å². The van der Waals surface area contributed by atoms with Crippen LogP contribution in [0.15, 0.2) is 42.7 Å². The number of fused-ring (bicyclic) bond motifs is 1. The van der Waals surface area contributed by atoms with Crippen molar-refractivity contribution in [2.24, 2.45) is 0 Å². The molecule has 4 rings (SSSR count). The monoisotopic (exact) mass is 378 g/mol. The summed E-state index contributed by atoms with van der Waals surface area (Å²) in [7, 11) is 3.81. The number of aryl methyl sites for hydroxylation is 1. The number of hydrogen-bond acceptors (Lipinski definition) is 6. The van der Waals surface area contributed by atoms with E-state index in [1.807, 2.05) is 24.3 Å². The molecule has 3 aromatic rings. The second kappa shape index (κ2) is 8.02. The quantitative estimate of drug-likeness (QED) is 0.719. The first kappa shape index (κ1) is 18.5. The summed E-state index contributed by atoms with van der Waals surface area (Å²) < 4.78 is 11.9. The summed E-state index contributed by atoms with van der Waals surface area (Å²) >= 11 is 0. The molecule has 0 saturated carbocycles. The minimum absolute atomic E-state index is 0.179. The molecule has 1 N–H and O–H groups in total. The topological polar surface area (TPSA) is 59.5 Å². The predicted molar refractivity (Wildman–Crippen MR) is 112 cm³/mol. The van der Waals surface area contributed by atoms with Crippen LogP contribution in [0.1, 0.15) is 18.4 Å². The maximum Gasteiger partial charge on any atom is 0.145 e. The lowest BCUT2D eigenvalue weighted by Crippen LogP contribution is -2.35. The van der Waals surface area contributed by atoms with Crippen LogP contribution < -0.4 is 14.8 Å². The van der Waals surface area contributed by atoms with Crippen LogP contribution >= 0.6 is 0 Å². The van der Waals surface area contributed by atoms with Crippen LogP contribution in [-0.4, -0.2) is 48.2 Å². The molecular formula is C22H26N4O2. The summed E-state index contributed by atoms with van der Waals surface area (Å²) in [4.78, 5) is 11.3. The van der Waals surface area contributed by atoms with Crippen LogP contribution in [0.4, 0.5) is 11.5 Å². The zero-order valence-corrected chi connectivity index (χ0v) is 16.6. The molecule has 2 heterocycles. The van der Waals surface area contributed by atoms with Crippen LogP contribution in [0.2, 0.25) is 0 Å². The van der Waals surface area contributed by atoms with Crippen molar-refractivity contribution in [1.82, 2.24) is 14.9 Å². The number of methoxy groups -OCH3 is 1. The normalized spacial score (nSPS) is 15.5. The largest absolute Gasteiger partial charge is 0.497 e. The number of nitrogens with one attached hydrogen (secondary N) is 1. The number of likely N-dealkylation sites (tertiary alicyclic amines) is 1. The van der Waals surface area contributed by atoms with Crippen LogP contribution in [0.25, 0.3) is 10.9 Å². The van der Waals surface area contributed by atoms with E-state index in [9.17, 15) is 0 Å². The summed E-state index contributed by atoms with van der Waals surface area (Å²) in [5.74, 6) is 2.23. The van der Waals surface area contributed by atoms with Crippen LogP contribution in [-0.2, 0) is 0 Å². The SMILES string of the molecule is COc1cc(OC2CCN(C)CC2)c2c(Nc3cccc(C)c3)ncnc2c1. The highest BCUT2D eigenvalue weighted by molar-refractivity contribution is 5.96. The molecule has 1 fully saturated rings. The Labute approximate surface area is 165 Å². The third kappa shape index (κ3) is 4.02. The van der Waals surface area contributed by atoms with Gasteiger partial charge in [-0.25, -0.2) is 9.97 Å². The highest BCUT2D eigenvalue weighted by Gasteiger charge is 2.21. The van der Waals surface area contributed by atoms with Crippen molar-refractivity contribution in [3.63, 3.8) is 0 Å². The number of aromatic nitrogens is 2. The number of benzene rings is 2. The van der Waals surface area contributed by atoms with E-state index in [1.54, 1.807) is 13.4 Å². The molecule has 2 aromatic carbocycles. The van der Waals surface area contributed by atoms with Crippen molar-refractivity contribution in [3.05, 3.63) is 48.3 Å². The average molecular weight is 378 g/mol. The molecule has 0 amide bonds. The second-order valence-corrected chi connectivity index (χ2v) is 7.36. The molecule has 28 heavy (non-hydrogen) atoms. The second-order valence-electron chi connectivity index (χ2n) is 7.36. The van der Waals surface area contributed by atoms with E-state index in [1.165, 1.54) is 5.56 Å². The smallest absolute Gasteiger partial charge is 0.145 e. The van der Waals surface area contributed by atoms with E-state index < -0.39 is 0 Å². The zero-order valence-electron chi connectivity index (χ0n) is 16.6. The molecule has 0 aliphatic carbocycles. The summed E-state index contributed by atoms with van der Waals surface area (Å²) in [5, 5.41) is 4.31. The Bertz CT molecular complexity index is 968. The minimum atomic E-state index is 0.179. The minimum Gasteiger partial charge on any atom is -0.497 e. The lowest BCUT2D eigenvalue weighted by molar-refractivity contribution is 0.115. The van der Waals surface area contributed by atoms with Crippen molar-refractivity contribution in [2.75, 3.05) is 32.6 Å². The van der Waals surface area contributed by atoms with Crippen molar-refractivity contribution >= 4 is 22.4 Å². The summed E-state index contributed by atoms with van der Waals surface area (Å²) in [6.45, 7) is 4.15. The fourth-order valence-electron chi connectivity index (χ4n) is 3.58. The molecule has 0 atom stereocenters. The van der Waals surface area contributed by atoms with Gasteiger partial charge in [-0.2, -0.15) is 0 Å². The lowest BCUT2D eigenvalue weighted by Gasteiger charge is -2.29. The highest BCUT2D eigenvalue weighted by atomic mass is 16.5. The molecule has 1 saturated heterocycles. The van der Waals surface area contributed by atoms with E-state index in [0.29, 0.717) is 0 Å². The highest BCUT2D eigenvalue weighted by Crippen LogP contribution is 2.36. The van der Waals surface area contributed by atoms with Crippen molar-refractivity contribution in [2.45, 2.75) is 25.9 Å². The van der Waals surface area contributed by atoms with Crippen LogP contribution in [0.3, 0.4) is 0 Å². The van der Waals surface area contributed by atoms with Gasteiger partial charge in [-0.1, -0.05) is 12.1 Å². The lowest BCUT2D eigenvalue weighted by atomic mass is 10.1. The number of rotatable bonds is 5. The Morgan fingerprint density at radius 3 is 2.68 bits per heavy atom. The van der Waals surface area contributed by atoms with E-state index >= 15 is 0 Å². The Balaban J connectivity index is 1.73. The average Bonchev–Trinajstić information content (AvgIpc) is 2.69. The van der Waals surface area contributed by atoms with Gasteiger partial charge in [0.2, 0.25) is 0 Å². The van der Waals surface area contributed by atoms with E-state index in [4.69, 9.17) is 9.47 Å². The van der Waals surface area contributed by atoms with Gasteiger partial charge in [0.05, 0.1) is 18.0 Å². The van der Waals surface area contributed by atoms with Gasteiger partial charge in [0.15, 0.2) is 0 Å². The van der Waals surface area contributed by atoms with Crippen molar-refractivity contribution in [3.8, 4) is 11.5 Å². The Hall–Kier alpha value is -2.86. The number of ether oxygens (including phenoxy) is 2. The van der Waals surface area contributed by atoms with Gasteiger partial charge < -0.3 is 19.7 Å². The van der Waals surface area contributed by atoms with Gasteiger partial charge in [0.25, 0.3) is 0 Å². The van der Waals surface area contributed by atoms with Crippen LogP contribution in [0, 0.1) is 6.92 Å². The summed E-state index contributed by atoms with van der Waals surface area (Å²) in [6, 6.07) is 12.1. The maximum absolute atomic E-state index is 6.43. The first-order chi connectivity index (χ1) is 13.6. The molecule has 1 aromatic heterocycles. The van der Waals surface area contributed by atoms with Gasteiger partial charge in [-0.15, -0.1) is 0 Å². The summed E-state index contributed by atoms with van der Waals surface area (Å²) in [5.41, 5.74) is 2.97. The molecule has 0 radical (unpaired) electrons. The molecular weight excluding hydrogens is 352 g/mol. The number of anilines is 2. The Kier molecular flexibility index (Phi) is 5.30. The standard InChI is InChI=1S/C22H26N4O2/c1-15-5-4-6-16(11-15)25-22-21-19(23-14-24-22)12-18(27-3)13-20(21)28-17-7-9-26(2)10-8-17/h4-6,11-14,17H,7-10H2,1-3H3,(H,23,24,25). The number of hydrogen-bond donors (Lipinski definition) is 1. The molecule has 146 valence electrons. The van der Waals surface area contributed by atoms with Gasteiger partial charge in [-0.05, 0) is 44.5 Å². The molecule has 1 aliphatic rings. The maximum atomic E-state index is 6.43. The predicted octanol–water partition coefficient (Wildman–Crippen LogP) is 4.16. The zero-order chi connectivity index (χ0) is 19.5.